The number of carbonyl (C=O) groups excluding carboxylic acids is 1. The molecule has 1 saturated heterocycles. The lowest BCUT2D eigenvalue weighted by Crippen LogP contribution is -2.20. The van der Waals surface area contributed by atoms with Gasteiger partial charge >= 0.3 is 0 Å². The predicted octanol–water partition coefficient (Wildman–Crippen LogP) is 1.21. The van der Waals surface area contributed by atoms with E-state index in [1.54, 1.807) is 0 Å². The van der Waals surface area contributed by atoms with E-state index in [4.69, 9.17) is 4.74 Å². The van der Waals surface area contributed by atoms with Gasteiger partial charge in [-0.05, 0) is 30.9 Å². The van der Waals surface area contributed by atoms with E-state index in [-0.39, 0.29) is 5.60 Å². The van der Waals surface area contributed by atoms with Gasteiger partial charge in [-0.25, -0.2) is 0 Å². The van der Waals surface area contributed by atoms with Crippen molar-refractivity contribution in [2.24, 2.45) is 0 Å². The van der Waals surface area contributed by atoms with Crippen molar-refractivity contribution in [3.05, 3.63) is 11.6 Å². The van der Waals surface area contributed by atoms with Crippen LogP contribution in [0.25, 0.3) is 0 Å². The van der Waals surface area contributed by atoms with Crippen molar-refractivity contribution in [1.29, 1.82) is 0 Å². The van der Waals surface area contributed by atoms with Crippen LogP contribution < -0.4 is 0 Å². The lowest BCUT2D eigenvalue weighted by Gasteiger charge is -2.15. The lowest BCUT2D eigenvalue weighted by atomic mass is 9.89. The molecule has 3 aliphatic rings. The summed E-state index contributed by atoms with van der Waals surface area (Å²) in [6.45, 7) is 0. The van der Waals surface area contributed by atoms with Crippen LogP contribution in [0.2, 0.25) is 0 Å². The van der Waals surface area contributed by atoms with Crippen molar-refractivity contribution >= 4 is 5.78 Å². The van der Waals surface area contributed by atoms with Crippen LogP contribution in [-0.4, -0.2) is 17.5 Å². The maximum Gasteiger partial charge on any atom is 0.155 e. The maximum absolute atomic E-state index is 11.0. The Morgan fingerprint density at radius 3 is 3.27 bits per heavy atom. The molecule has 3 rings (SSSR count). The minimum Gasteiger partial charge on any atom is -0.361 e. The van der Waals surface area contributed by atoms with Crippen molar-refractivity contribution in [1.82, 2.24) is 0 Å². The van der Waals surface area contributed by atoms with Gasteiger partial charge in [0.25, 0.3) is 0 Å². The molecule has 0 N–H and O–H groups in total. The Labute approximate surface area is 65.2 Å². The first-order valence-corrected chi connectivity index (χ1v) is 4.23. The number of allylic oxidation sites excluding steroid dienone is 1. The average Bonchev–Trinajstić information content (AvgIpc) is 2.60. The Bertz CT molecular complexity index is 267. The zero-order valence-corrected chi connectivity index (χ0v) is 6.30. The van der Waals surface area contributed by atoms with E-state index in [9.17, 15) is 4.79 Å². The van der Waals surface area contributed by atoms with Crippen molar-refractivity contribution in [3.63, 3.8) is 0 Å². The number of ether oxygens (including phenoxy) is 1. The molecule has 0 amide bonds. The highest BCUT2D eigenvalue weighted by atomic mass is 16.6. The molecule has 0 aromatic rings. The minimum absolute atomic E-state index is 0.0773. The summed E-state index contributed by atoms with van der Waals surface area (Å²) < 4.78 is 5.57. The molecule has 0 radical (unpaired) electrons. The van der Waals surface area contributed by atoms with E-state index < -0.39 is 0 Å². The smallest absolute Gasteiger partial charge is 0.155 e. The van der Waals surface area contributed by atoms with Crippen molar-refractivity contribution in [3.8, 4) is 0 Å². The largest absolute Gasteiger partial charge is 0.361 e. The van der Waals surface area contributed by atoms with E-state index in [1.165, 1.54) is 5.57 Å². The standard InChI is InChI=1S/C9H10O2/c10-7-3-4-9-6(5-7)1-2-8(9)11-9/h5,8H,1-4H2. The van der Waals surface area contributed by atoms with E-state index in [0.717, 1.165) is 19.3 Å². The summed E-state index contributed by atoms with van der Waals surface area (Å²) in [5.74, 6) is 0.293. The third-order valence-corrected chi connectivity index (χ3v) is 3.11. The highest BCUT2D eigenvalue weighted by molar-refractivity contribution is 5.92. The zero-order chi connectivity index (χ0) is 7.47. The van der Waals surface area contributed by atoms with Crippen molar-refractivity contribution < 1.29 is 9.53 Å². The average molecular weight is 150 g/mol. The van der Waals surface area contributed by atoms with Crippen LogP contribution in [0.5, 0.6) is 0 Å². The molecule has 2 atom stereocenters. The number of rotatable bonds is 0. The number of epoxide rings is 1. The SMILES string of the molecule is O=C1C=C2CCC3OC23CC1. The van der Waals surface area contributed by atoms with Crippen LogP contribution in [0.15, 0.2) is 11.6 Å². The summed E-state index contributed by atoms with van der Waals surface area (Å²) in [7, 11) is 0. The van der Waals surface area contributed by atoms with E-state index >= 15 is 0 Å². The molecule has 0 aromatic heterocycles. The highest BCUT2D eigenvalue weighted by Crippen LogP contribution is 2.57. The normalized spacial score (nSPS) is 46.4. The molecule has 1 aliphatic heterocycles. The maximum atomic E-state index is 11.0. The summed E-state index contributed by atoms with van der Waals surface area (Å²) in [5, 5.41) is 0. The van der Waals surface area contributed by atoms with E-state index in [1.807, 2.05) is 6.08 Å². The van der Waals surface area contributed by atoms with Crippen LogP contribution in [0.4, 0.5) is 0 Å². The van der Waals surface area contributed by atoms with Gasteiger partial charge in [0, 0.05) is 6.42 Å². The molecule has 11 heavy (non-hydrogen) atoms. The minimum atomic E-state index is 0.0773. The molecular formula is C9H10O2. The molecule has 2 fully saturated rings. The van der Waals surface area contributed by atoms with Crippen molar-refractivity contribution in [2.45, 2.75) is 37.4 Å². The van der Waals surface area contributed by atoms with Gasteiger partial charge in [0.05, 0.1) is 6.10 Å². The van der Waals surface area contributed by atoms with Gasteiger partial charge in [-0.3, -0.25) is 4.79 Å². The van der Waals surface area contributed by atoms with Gasteiger partial charge < -0.3 is 4.74 Å². The summed E-state index contributed by atoms with van der Waals surface area (Å²) >= 11 is 0. The topological polar surface area (TPSA) is 29.6 Å². The molecule has 2 nitrogen and oxygen atoms in total. The third kappa shape index (κ3) is 0.590. The van der Waals surface area contributed by atoms with Gasteiger partial charge in [-0.15, -0.1) is 0 Å². The monoisotopic (exact) mass is 150 g/mol. The third-order valence-electron chi connectivity index (χ3n) is 3.11. The Hall–Kier alpha value is -0.630. The first-order valence-electron chi connectivity index (χ1n) is 4.23. The molecule has 2 aliphatic carbocycles. The zero-order valence-electron chi connectivity index (χ0n) is 6.30. The lowest BCUT2D eigenvalue weighted by molar-refractivity contribution is -0.115. The molecule has 1 heterocycles. The Morgan fingerprint density at radius 2 is 2.45 bits per heavy atom. The van der Waals surface area contributed by atoms with Crippen molar-refractivity contribution in [2.75, 3.05) is 0 Å². The van der Waals surface area contributed by atoms with Gasteiger partial charge in [-0.1, -0.05) is 0 Å². The Morgan fingerprint density at radius 1 is 1.55 bits per heavy atom. The van der Waals surface area contributed by atoms with Crippen LogP contribution in [0.1, 0.15) is 25.7 Å². The molecule has 58 valence electrons. The fourth-order valence-electron chi connectivity index (χ4n) is 2.44. The second-order valence-corrected chi connectivity index (χ2v) is 3.67. The molecule has 1 spiro atoms. The van der Waals surface area contributed by atoms with Crippen LogP contribution in [-0.2, 0) is 9.53 Å². The van der Waals surface area contributed by atoms with Gasteiger partial charge in [0.2, 0.25) is 0 Å². The summed E-state index contributed by atoms with van der Waals surface area (Å²) in [4.78, 5) is 11.0. The quantitative estimate of drug-likeness (QED) is 0.486. The first-order chi connectivity index (χ1) is 5.31. The fourth-order valence-corrected chi connectivity index (χ4v) is 2.44. The molecule has 0 bridgehead atoms. The summed E-state index contributed by atoms with van der Waals surface area (Å²) in [6, 6.07) is 0. The Balaban J connectivity index is 2.06. The first kappa shape index (κ1) is 5.95. The molecule has 2 heteroatoms. The summed E-state index contributed by atoms with van der Waals surface area (Å²) in [6.07, 6.45) is 6.16. The fraction of sp³-hybridized carbons (Fsp3) is 0.667. The Kier molecular flexibility index (Phi) is 0.856. The predicted molar refractivity (Wildman–Crippen MR) is 39.2 cm³/mol. The van der Waals surface area contributed by atoms with E-state index in [2.05, 4.69) is 0 Å². The van der Waals surface area contributed by atoms with Crippen LogP contribution >= 0.6 is 0 Å². The van der Waals surface area contributed by atoms with Gasteiger partial charge in [-0.2, -0.15) is 0 Å². The number of hydrogen-bond acceptors (Lipinski definition) is 2. The highest BCUT2D eigenvalue weighted by Gasteiger charge is 2.63. The molecule has 0 aromatic carbocycles. The van der Waals surface area contributed by atoms with E-state index in [0.29, 0.717) is 18.3 Å². The molecular weight excluding hydrogens is 140 g/mol. The molecule has 1 saturated carbocycles. The number of hydrogen-bond donors (Lipinski definition) is 0. The van der Waals surface area contributed by atoms with Gasteiger partial charge in [0.1, 0.15) is 5.60 Å². The van der Waals surface area contributed by atoms with Crippen LogP contribution in [0.3, 0.4) is 0 Å². The number of ketones is 1. The summed E-state index contributed by atoms with van der Waals surface area (Å²) in [5.41, 5.74) is 1.35. The second kappa shape index (κ2) is 1.58. The van der Waals surface area contributed by atoms with Gasteiger partial charge in [0.15, 0.2) is 5.78 Å². The second-order valence-electron chi connectivity index (χ2n) is 3.67. The molecule has 2 unspecified atom stereocenters. The van der Waals surface area contributed by atoms with Crippen LogP contribution in [0, 0.1) is 0 Å². The number of carbonyl (C=O) groups is 1.